The number of fused-ring (bicyclic) bond motifs is 1. The van der Waals surface area contributed by atoms with Crippen molar-refractivity contribution in [3.8, 4) is 0 Å². The summed E-state index contributed by atoms with van der Waals surface area (Å²) in [6.45, 7) is 1.88. The van der Waals surface area contributed by atoms with Crippen LogP contribution < -0.4 is 16.3 Å². The first-order chi connectivity index (χ1) is 13.0. The van der Waals surface area contributed by atoms with Crippen molar-refractivity contribution in [2.45, 2.75) is 18.4 Å². The standard InChI is InChI=1S/C19H18N4O3S/c1-13-6-8-14(9-7-13)27-12-19(26)22-21-18(25)11-23-16-5-3-2-4-15(16)17(24)10-20-23/h2-10H,11-12H2,1H3,(H,21,25)(H,22,26). The molecule has 2 amide bonds. The third kappa shape index (κ3) is 4.95. The van der Waals surface area contributed by atoms with Crippen LogP contribution in [0.3, 0.4) is 0 Å². The lowest BCUT2D eigenvalue weighted by Gasteiger charge is -2.10. The SMILES string of the molecule is Cc1ccc(SCC(=O)NNC(=O)Cn2ncc(=O)c3ccccc32)cc1. The van der Waals surface area contributed by atoms with Crippen molar-refractivity contribution in [1.29, 1.82) is 0 Å². The van der Waals surface area contributed by atoms with E-state index in [0.29, 0.717) is 10.9 Å². The molecule has 1 heterocycles. The summed E-state index contributed by atoms with van der Waals surface area (Å²) < 4.78 is 1.42. The van der Waals surface area contributed by atoms with Crippen LogP contribution in [0.5, 0.6) is 0 Å². The minimum absolute atomic E-state index is 0.119. The Morgan fingerprint density at radius 3 is 2.52 bits per heavy atom. The Kier molecular flexibility index (Phi) is 5.87. The lowest BCUT2D eigenvalue weighted by molar-refractivity contribution is -0.128. The summed E-state index contributed by atoms with van der Waals surface area (Å²) in [5.41, 5.74) is 6.25. The van der Waals surface area contributed by atoms with Gasteiger partial charge in [0.05, 0.1) is 17.5 Å². The van der Waals surface area contributed by atoms with Crippen molar-refractivity contribution in [2.75, 3.05) is 5.75 Å². The number of rotatable bonds is 5. The van der Waals surface area contributed by atoms with E-state index in [-0.39, 0.29) is 23.6 Å². The lowest BCUT2D eigenvalue weighted by Crippen LogP contribution is -2.44. The zero-order valence-corrected chi connectivity index (χ0v) is 15.5. The zero-order chi connectivity index (χ0) is 19.2. The van der Waals surface area contributed by atoms with Gasteiger partial charge in [0.1, 0.15) is 6.54 Å². The summed E-state index contributed by atoms with van der Waals surface area (Å²) in [5.74, 6) is -0.570. The number of hydrogen-bond acceptors (Lipinski definition) is 5. The van der Waals surface area contributed by atoms with Gasteiger partial charge in [-0.3, -0.25) is 29.9 Å². The maximum Gasteiger partial charge on any atom is 0.260 e. The first-order valence-electron chi connectivity index (χ1n) is 8.25. The van der Waals surface area contributed by atoms with Gasteiger partial charge in [0.25, 0.3) is 5.91 Å². The second-order valence-electron chi connectivity index (χ2n) is 5.88. The quantitative estimate of drug-likeness (QED) is 0.517. The smallest absolute Gasteiger partial charge is 0.260 e. The van der Waals surface area contributed by atoms with E-state index in [9.17, 15) is 14.4 Å². The molecule has 8 heteroatoms. The number of benzene rings is 2. The van der Waals surface area contributed by atoms with E-state index in [4.69, 9.17) is 0 Å². The highest BCUT2D eigenvalue weighted by atomic mass is 32.2. The maximum atomic E-state index is 12.1. The van der Waals surface area contributed by atoms with Gasteiger partial charge in [0.2, 0.25) is 11.3 Å². The Balaban J connectivity index is 1.52. The molecule has 0 aliphatic heterocycles. The Hall–Kier alpha value is -3.13. The molecule has 0 unspecified atom stereocenters. The maximum absolute atomic E-state index is 12.1. The molecule has 0 aliphatic rings. The van der Waals surface area contributed by atoms with Gasteiger partial charge in [-0.15, -0.1) is 11.8 Å². The van der Waals surface area contributed by atoms with Crippen LogP contribution in [-0.2, 0) is 16.1 Å². The van der Waals surface area contributed by atoms with Crippen molar-refractivity contribution >= 4 is 34.5 Å². The highest BCUT2D eigenvalue weighted by molar-refractivity contribution is 8.00. The van der Waals surface area contributed by atoms with Gasteiger partial charge >= 0.3 is 0 Å². The molecule has 2 N–H and O–H groups in total. The molecule has 0 spiro atoms. The molecule has 2 aromatic carbocycles. The molecule has 3 rings (SSSR count). The van der Waals surface area contributed by atoms with Crippen LogP contribution in [0.15, 0.2) is 64.4 Å². The van der Waals surface area contributed by atoms with E-state index in [2.05, 4.69) is 16.0 Å². The molecule has 7 nitrogen and oxygen atoms in total. The summed E-state index contributed by atoms with van der Waals surface area (Å²) in [5, 5.41) is 4.47. The zero-order valence-electron chi connectivity index (χ0n) is 14.6. The predicted molar refractivity (Wildman–Crippen MR) is 104 cm³/mol. The number of thioether (sulfide) groups is 1. The van der Waals surface area contributed by atoms with Gasteiger partial charge in [0.15, 0.2) is 0 Å². The number of aryl methyl sites for hydroxylation is 1. The molecule has 27 heavy (non-hydrogen) atoms. The van der Waals surface area contributed by atoms with E-state index < -0.39 is 5.91 Å². The molecule has 0 aliphatic carbocycles. The molecule has 0 radical (unpaired) electrons. The predicted octanol–water partition coefficient (Wildman–Crippen LogP) is 1.64. The van der Waals surface area contributed by atoms with Gasteiger partial charge in [-0.1, -0.05) is 29.8 Å². The van der Waals surface area contributed by atoms with Crippen molar-refractivity contribution < 1.29 is 9.59 Å². The third-order valence-electron chi connectivity index (χ3n) is 3.79. The first kappa shape index (κ1) is 18.7. The van der Waals surface area contributed by atoms with Crippen LogP contribution in [-0.4, -0.2) is 27.3 Å². The second kappa shape index (κ2) is 8.50. The molecule has 3 aromatic rings. The number of nitrogens with one attached hydrogen (secondary N) is 2. The number of hydrogen-bond donors (Lipinski definition) is 2. The average Bonchev–Trinajstić information content (AvgIpc) is 2.68. The van der Waals surface area contributed by atoms with E-state index in [1.54, 1.807) is 24.3 Å². The first-order valence-corrected chi connectivity index (χ1v) is 9.23. The largest absolute Gasteiger partial charge is 0.287 e. The van der Waals surface area contributed by atoms with E-state index in [1.807, 2.05) is 31.2 Å². The highest BCUT2D eigenvalue weighted by Crippen LogP contribution is 2.17. The number of carbonyl (C=O) groups excluding carboxylic acids is 2. The molecule has 0 bridgehead atoms. The van der Waals surface area contributed by atoms with Gasteiger partial charge in [-0.05, 0) is 31.2 Å². The molecular formula is C19H18N4O3S. The Morgan fingerprint density at radius 1 is 1.04 bits per heavy atom. The van der Waals surface area contributed by atoms with Crippen LogP contribution in [0.25, 0.3) is 10.9 Å². The Bertz CT molecular complexity index is 1030. The number of aromatic nitrogens is 2. The van der Waals surface area contributed by atoms with E-state index in [0.717, 1.165) is 10.5 Å². The molecule has 0 atom stereocenters. The molecule has 0 saturated carbocycles. The minimum Gasteiger partial charge on any atom is -0.287 e. The molecule has 138 valence electrons. The van der Waals surface area contributed by atoms with Gasteiger partial charge in [-0.2, -0.15) is 5.10 Å². The monoisotopic (exact) mass is 382 g/mol. The lowest BCUT2D eigenvalue weighted by atomic mass is 10.2. The number of amides is 2. The molecule has 0 fully saturated rings. The van der Waals surface area contributed by atoms with E-state index in [1.165, 1.54) is 22.6 Å². The minimum atomic E-state index is -0.440. The number of hydrazine groups is 1. The van der Waals surface area contributed by atoms with Crippen LogP contribution >= 0.6 is 11.8 Å². The van der Waals surface area contributed by atoms with Crippen molar-refractivity contribution in [2.24, 2.45) is 0 Å². The van der Waals surface area contributed by atoms with Crippen molar-refractivity contribution in [3.63, 3.8) is 0 Å². The summed E-state index contributed by atoms with van der Waals surface area (Å²) in [7, 11) is 0. The fourth-order valence-corrected chi connectivity index (χ4v) is 3.12. The van der Waals surface area contributed by atoms with Crippen LogP contribution in [0.2, 0.25) is 0 Å². The van der Waals surface area contributed by atoms with Crippen LogP contribution in [0.1, 0.15) is 5.56 Å². The topological polar surface area (TPSA) is 93.1 Å². The van der Waals surface area contributed by atoms with Crippen molar-refractivity contribution in [1.82, 2.24) is 20.6 Å². The third-order valence-corrected chi connectivity index (χ3v) is 4.80. The summed E-state index contributed by atoms with van der Waals surface area (Å²) in [6.07, 6.45) is 1.17. The highest BCUT2D eigenvalue weighted by Gasteiger charge is 2.09. The molecule has 0 saturated heterocycles. The fraction of sp³-hybridized carbons (Fsp3) is 0.158. The Labute approximate surface area is 159 Å². The molecule has 1 aromatic heterocycles. The van der Waals surface area contributed by atoms with Gasteiger partial charge in [-0.25, -0.2) is 0 Å². The Morgan fingerprint density at radius 2 is 1.74 bits per heavy atom. The number of para-hydroxylation sites is 1. The van der Waals surface area contributed by atoms with Gasteiger partial charge in [0, 0.05) is 10.3 Å². The van der Waals surface area contributed by atoms with Crippen LogP contribution in [0, 0.1) is 6.92 Å². The average molecular weight is 382 g/mol. The van der Waals surface area contributed by atoms with Crippen LogP contribution in [0.4, 0.5) is 0 Å². The second-order valence-corrected chi connectivity index (χ2v) is 6.93. The summed E-state index contributed by atoms with van der Waals surface area (Å²) in [6, 6.07) is 14.7. The number of nitrogens with zero attached hydrogens (tertiary/aromatic N) is 2. The normalized spacial score (nSPS) is 10.6. The molecular weight excluding hydrogens is 364 g/mol. The van der Waals surface area contributed by atoms with Crippen molar-refractivity contribution in [3.05, 3.63) is 70.5 Å². The summed E-state index contributed by atoms with van der Waals surface area (Å²) >= 11 is 1.38. The van der Waals surface area contributed by atoms with Gasteiger partial charge < -0.3 is 0 Å². The van der Waals surface area contributed by atoms with E-state index >= 15 is 0 Å². The number of carbonyl (C=O) groups is 2. The summed E-state index contributed by atoms with van der Waals surface area (Å²) in [4.78, 5) is 36.8. The fourth-order valence-electron chi connectivity index (χ4n) is 2.42.